The van der Waals surface area contributed by atoms with Crippen LogP contribution >= 0.6 is 0 Å². The number of hydrogen-bond donors (Lipinski definition) is 3. The van der Waals surface area contributed by atoms with Crippen molar-refractivity contribution >= 4 is 39.9 Å². The molecule has 31 heavy (non-hydrogen) atoms. The molecule has 4 rings (SSSR count). The maximum absolute atomic E-state index is 14.3. The fourth-order valence-corrected chi connectivity index (χ4v) is 3.74. The first kappa shape index (κ1) is 20.2. The second-order valence-electron chi connectivity index (χ2n) is 6.83. The van der Waals surface area contributed by atoms with E-state index in [0.29, 0.717) is 23.5 Å². The molecule has 2 aromatic heterocycles. The minimum absolute atomic E-state index is 0.144. The average Bonchev–Trinajstić information content (AvgIpc) is 3.02. The summed E-state index contributed by atoms with van der Waals surface area (Å²) in [6.07, 6.45) is 2.48. The van der Waals surface area contributed by atoms with E-state index >= 15 is 0 Å². The van der Waals surface area contributed by atoms with Crippen LogP contribution in [0.15, 0.2) is 36.7 Å². The Kier molecular flexibility index (Phi) is 4.97. The van der Waals surface area contributed by atoms with Gasteiger partial charge in [-0.05, 0) is 17.7 Å². The minimum atomic E-state index is -1.34. The number of hydrogen-bond acceptors (Lipinski definition) is 4. The summed E-state index contributed by atoms with van der Waals surface area (Å²) in [5.74, 6) is -4.93. The molecule has 0 spiro atoms. The molecule has 0 fully saturated rings. The van der Waals surface area contributed by atoms with E-state index in [2.05, 4.69) is 10.3 Å². The molecule has 158 valence electrons. The highest BCUT2D eigenvalue weighted by Crippen LogP contribution is 2.40. The fourth-order valence-electron chi connectivity index (χ4n) is 3.74. The molecule has 10 heteroatoms. The topological polar surface area (TPSA) is 104 Å². The molecule has 7 nitrogen and oxygen atoms in total. The van der Waals surface area contributed by atoms with Crippen LogP contribution in [-0.2, 0) is 22.6 Å². The van der Waals surface area contributed by atoms with Crippen molar-refractivity contribution in [1.29, 1.82) is 0 Å². The normalized spacial score (nSPS) is 11.2. The maximum Gasteiger partial charge on any atom is 0.307 e. The number of anilines is 1. The number of benzene rings is 2. The number of nitrogens with zero attached hydrogens (tertiary/aromatic N) is 2. The highest BCUT2D eigenvalue weighted by atomic mass is 19.2. The second kappa shape index (κ2) is 7.63. The van der Waals surface area contributed by atoms with Crippen molar-refractivity contribution in [3.8, 4) is 5.75 Å². The van der Waals surface area contributed by atoms with Crippen LogP contribution in [0.4, 0.5) is 18.9 Å². The van der Waals surface area contributed by atoms with Crippen molar-refractivity contribution in [2.24, 2.45) is 0 Å². The Morgan fingerprint density at radius 3 is 2.58 bits per heavy atom. The zero-order valence-corrected chi connectivity index (χ0v) is 15.7. The van der Waals surface area contributed by atoms with Gasteiger partial charge in [0, 0.05) is 17.0 Å². The van der Waals surface area contributed by atoms with Gasteiger partial charge in [0.2, 0.25) is 6.41 Å². The van der Waals surface area contributed by atoms with Gasteiger partial charge in [-0.1, -0.05) is 6.07 Å². The standard InChI is InChI=1S/C21H14F3N3O4/c22-12-3-11(20(24)13(23)5-12)8-27-14-2-1-10(4-17(30)31)21(26-9-28)19(14)18-15(27)6-25-7-16(18)29/h1-3,5-7,9,29H,4,8H2,(H,26,28)(H,30,31). The lowest BCUT2D eigenvalue weighted by Gasteiger charge is -2.12. The lowest BCUT2D eigenvalue weighted by molar-refractivity contribution is -0.136. The van der Waals surface area contributed by atoms with E-state index in [9.17, 15) is 33.0 Å². The monoisotopic (exact) mass is 429 g/mol. The lowest BCUT2D eigenvalue weighted by Crippen LogP contribution is -2.07. The Labute approximate surface area is 172 Å². The van der Waals surface area contributed by atoms with Gasteiger partial charge in [-0.3, -0.25) is 14.6 Å². The number of carbonyl (C=O) groups excluding carboxylic acids is 1. The predicted molar refractivity (Wildman–Crippen MR) is 105 cm³/mol. The van der Waals surface area contributed by atoms with Crippen molar-refractivity contribution in [1.82, 2.24) is 9.55 Å². The Bertz CT molecular complexity index is 1370. The summed E-state index contributed by atoms with van der Waals surface area (Å²) >= 11 is 0. The fraction of sp³-hybridized carbons (Fsp3) is 0.0952. The molecule has 0 saturated heterocycles. The Morgan fingerprint density at radius 1 is 1.10 bits per heavy atom. The van der Waals surface area contributed by atoms with E-state index in [1.165, 1.54) is 22.9 Å². The highest BCUT2D eigenvalue weighted by Gasteiger charge is 2.22. The van der Waals surface area contributed by atoms with E-state index < -0.39 is 29.8 Å². The largest absolute Gasteiger partial charge is 0.506 e. The van der Waals surface area contributed by atoms with Crippen molar-refractivity contribution in [2.45, 2.75) is 13.0 Å². The summed E-state index contributed by atoms with van der Waals surface area (Å²) in [6, 6.07) is 4.28. The summed E-state index contributed by atoms with van der Waals surface area (Å²) in [6.45, 7) is -0.315. The van der Waals surface area contributed by atoms with Crippen molar-refractivity contribution in [2.75, 3.05) is 5.32 Å². The molecule has 3 N–H and O–H groups in total. The molecule has 4 aromatic rings. The Hall–Kier alpha value is -4.08. The van der Waals surface area contributed by atoms with E-state index in [0.717, 1.165) is 12.3 Å². The molecule has 2 aromatic carbocycles. The van der Waals surface area contributed by atoms with Crippen LogP contribution in [-0.4, -0.2) is 32.1 Å². The first-order valence-corrected chi connectivity index (χ1v) is 8.98. The first-order valence-electron chi connectivity index (χ1n) is 8.98. The SMILES string of the molecule is O=CNc1c(CC(=O)O)ccc2c1c1c(O)cncc1n2Cc1cc(F)cc(F)c1F. The number of aliphatic carboxylic acids is 1. The van der Waals surface area contributed by atoms with Crippen LogP contribution in [0.25, 0.3) is 21.8 Å². The Balaban J connectivity index is 2.07. The number of aromatic nitrogens is 2. The molecule has 2 heterocycles. The maximum atomic E-state index is 14.3. The van der Waals surface area contributed by atoms with Crippen LogP contribution < -0.4 is 5.32 Å². The van der Waals surface area contributed by atoms with Crippen molar-refractivity contribution in [3.05, 3.63) is 65.2 Å². The lowest BCUT2D eigenvalue weighted by atomic mass is 10.0. The van der Waals surface area contributed by atoms with Crippen molar-refractivity contribution in [3.63, 3.8) is 0 Å². The average molecular weight is 429 g/mol. The smallest absolute Gasteiger partial charge is 0.307 e. The van der Waals surface area contributed by atoms with Gasteiger partial charge in [-0.25, -0.2) is 13.2 Å². The molecule has 0 aliphatic carbocycles. The molecule has 0 aliphatic rings. The number of fused-ring (bicyclic) bond motifs is 3. The number of aromatic hydroxyl groups is 1. The van der Waals surface area contributed by atoms with Crippen LogP contribution in [0.5, 0.6) is 5.75 Å². The molecule has 0 unspecified atom stereocenters. The van der Waals surface area contributed by atoms with Gasteiger partial charge < -0.3 is 20.1 Å². The summed E-state index contributed by atoms with van der Waals surface area (Å²) in [7, 11) is 0. The van der Waals surface area contributed by atoms with Gasteiger partial charge in [0.05, 0.1) is 47.5 Å². The number of nitrogens with one attached hydrogen (secondary N) is 1. The molecule has 1 amide bonds. The van der Waals surface area contributed by atoms with E-state index in [1.807, 2.05) is 0 Å². The predicted octanol–water partition coefficient (Wildman–Crippen LogP) is 3.56. The number of amides is 1. The van der Waals surface area contributed by atoms with Crippen LogP contribution in [0.3, 0.4) is 0 Å². The summed E-state index contributed by atoms with van der Waals surface area (Å²) in [4.78, 5) is 26.4. The molecule has 0 radical (unpaired) electrons. The van der Waals surface area contributed by atoms with Crippen LogP contribution in [0.1, 0.15) is 11.1 Å². The number of pyridine rings is 1. The molecular weight excluding hydrogens is 415 g/mol. The summed E-state index contributed by atoms with van der Waals surface area (Å²) in [5, 5.41) is 22.6. The molecule has 0 bridgehead atoms. The van der Waals surface area contributed by atoms with Crippen LogP contribution in [0.2, 0.25) is 0 Å². The third-order valence-electron chi connectivity index (χ3n) is 4.95. The number of carboxylic acids is 1. The molecule has 0 atom stereocenters. The zero-order valence-electron chi connectivity index (χ0n) is 15.7. The number of halogens is 3. The number of carbonyl (C=O) groups is 2. The molecule has 0 saturated carbocycles. The van der Waals surface area contributed by atoms with Gasteiger partial charge >= 0.3 is 5.97 Å². The highest BCUT2D eigenvalue weighted by molar-refractivity contribution is 6.18. The van der Waals surface area contributed by atoms with E-state index in [-0.39, 0.29) is 39.9 Å². The van der Waals surface area contributed by atoms with Gasteiger partial charge in [0.1, 0.15) is 11.6 Å². The van der Waals surface area contributed by atoms with Gasteiger partial charge in [-0.2, -0.15) is 0 Å². The van der Waals surface area contributed by atoms with Crippen molar-refractivity contribution < 1.29 is 33.0 Å². The second-order valence-corrected chi connectivity index (χ2v) is 6.83. The quantitative estimate of drug-likeness (QED) is 0.321. The molecule has 0 aliphatic heterocycles. The van der Waals surface area contributed by atoms with Gasteiger partial charge in [-0.15, -0.1) is 0 Å². The minimum Gasteiger partial charge on any atom is -0.506 e. The Morgan fingerprint density at radius 2 is 1.87 bits per heavy atom. The third-order valence-corrected chi connectivity index (χ3v) is 4.95. The zero-order chi connectivity index (χ0) is 22.3. The van der Waals surface area contributed by atoms with Gasteiger partial charge in [0.15, 0.2) is 11.6 Å². The first-order chi connectivity index (χ1) is 14.8. The van der Waals surface area contributed by atoms with E-state index in [4.69, 9.17) is 0 Å². The van der Waals surface area contributed by atoms with Gasteiger partial charge in [0.25, 0.3) is 0 Å². The summed E-state index contributed by atoms with van der Waals surface area (Å²) in [5.41, 5.74) is 0.789. The summed E-state index contributed by atoms with van der Waals surface area (Å²) < 4.78 is 43.2. The third kappa shape index (κ3) is 3.41. The number of carboxylic acid groups (broad SMARTS) is 1. The van der Waals surface area contributed by atoms with E-state index in [1.54, 1.807) is 0 Å². The number of rotatable bonds is 6. The van der Waals surface area contributed by atoms with Crippen LogP contribution in [0, 0.1) is 17.5 Å². The molecular formula is C21H14F3N3O4.